The minimum absolute atomic E-state index is 0.113. The molecule has 16 heavy (non-hydrogen) atoms. The standard InChI is InChI=1S/C13H13NO2/c1-16-12-4-2-11(3-5-12)13(15)8-10-6-7-14-9-10/h2-7,9,14H,8H2,1H3. The largest absolute Gasteiger partial charge is 0.497 e. The van der Waals surface area contributed by atoms with Gasteiger partial charge in [0.15, 0.2) is 5.78 Å². The van der Waals surface area contributed by atoms with E-state index in [1.165, 1.54) is 0 Å². The van der Waals surface area contributed by atoms with E-state index in [9.17, 15) is 4.79 Å². The summed E-state index contributed by atoms with van der Waals surface area (Å²) in [6, 6.07) is 9.07. The molecule has 3 nitrogen and oxygen atoms in total. The summed E-state index contributed by atoms with van der Waals surface area (Å²) in [5.74, 6) is 0.875. The molecule has 0 atom stereocenters. The molecule has 1 N–H and O–H groups in total. The van der Waals surface area contributed by atoms with Crippen molar-refractivity contribution in [1.82, 2.24) is 4.98 Å². The van der Waals surface area contributed by atoms with Crippen molar-refractivity contribution in [2.45, 2.75) is 6.42 Å². The Hall–Kier alpha value is -2.03. The molecule has 0 fully saturated rings. The van der Waals surface area contributed by atoms with E-state index in [-0.39, 0.29) is 5.78 Å². The number of carbonyl (C=O) groups excluding carboxylic acids is 1. The predicted molar refractivity (Wildman–Crippen MR) is 61.8 cm³/mol. The third-order valence-corrected chi connectivity index (χ3v) is 2.44. The summed E-state index contributed by atoms with van der Waals surface area (Å²) in [4.78, 5) is 14.8. The number of hydrogen-bond acceptors (Lipinski definition) is 2. The average molecular weight is 215 g/mol. The summed E-state index contributed by atoms with van der Waals surface area (Å²) < 4.78 is 5.04. The van der Waals surface area contributed by atoms with Crippen LogP contribution in [0, 0.1) is 0 Å². The van der Waals surface area contributed by atoms with Crippen molar-refractivity contribution < 1.29 is 9.53 Å². The Morgan fingerprint density at radius 1 is 1.25 bits per heavy atom. The normalized spacial score (nSPS) is 10.1. The monoisotopic (exact) mass is 215 g/mol. The van der Waals surface area contributed by atoms with Crippen LogP contribution in [0.4, 0.5) is 0 Å². The van der Waals surface area contributed by atoms with Gasteiger partial charge >= 0.3 is 0 Å². The maximum absolute atomic E-state index is 11.9. The van der Waals surface area contributed by atoms with Crippen molar-refractivity contribution >= 4 is 5.78 Å². The van der Waals surface area contributed by atoms with E-state index < -0.39 is 0 Å². The lowest BCUT2D eigenvalue weighted by molar-refractivity contribution is 0.0993. The highest BCUT2D eigenvalue weighted by molar-refractivity contribution is 5.97. The van der Waals surface area contributed by atoms with E-state index in [1.54, 1.807) is 31.4 Å². The van der Waals surface area contributed by atoms with Crippen molar-refractivity contribution in [1.29, 1.82) is 0 Å². The third-order valence-electron chi connectivity index (χ3n) is 2.44. The maximum Gasteiger partial charge on any atom is 0.167 e. The first-order chi connectivity index (χ1) is 7.79. The van der Waals surface area contributed by atoms with Gasteiger partial charge in [0.25, 0.3) is 0 Å². The number of carbonyl (C=O) groups is 1. The van der Waals surface area contributed by atoms with Crippen LogP contribution in [0.3, 0.4) is 0 Å². The van der Waals surface area contributed by atoms with Crippen molar-refractivity contribution in [3.05, 3.63) is 53.9 Å². The summed E-state index contributed by atoms with van der Waals surface area (Å²) in [5.41, 5.74) is 1.71. The molecule has 0 bridgehead atoms. The lowest BCUT2D eigenvalue weighted by Crippen LogP contribution is -2.02. The van der Waals surface area contributed by atoms with Crippen LogP contribution in [-0.2, 0) is 6.42 Å². The number of Topliss-reactive ketones (excluding diaryl/α,β-unsaturated/α-hetero) is 1. The lowest BCUT2D eigenvalue weighted by Gasteiger charge is -2.02. The molecule has 0 saturated carbocycles. The Morgan fingerprint density at radius 3 is 2.56 bits per heavy atom. The van der Waals surface area contributed by atoms with Gasteiger partial charge in [0, 0.05) is 24.4 Å². The van der Waals surface area contributed by atoms with Crippen molar-refractivity contribution in [3.63, 3.8) is 0 Å². The number of aromatic amines is 1. The van der Waals surface area contributed by atoms with E-state index in [0.29, 0.717) is 12.0 Å². The summed E-state index contributed by atoms with van der Waals surface area (Å²) in [7, 11) is 1.61. The second kappa shape index (κ2) is 4.66. The van der Waals surface area contributed by atoms with E-state index in [1.807, 2.05) is 18.5 Å². The third kappa shape index (κ3) is 2.31. The Labute approximate surface area is 94.1 Å². The number of ketones is 1. The quantitative estimate of drug-likeness (QED) is 0.796. The zero-order valence-corrected chi connectivity index (χ0v) is 9.07. The molecular weight excluding hydrogens is 202 g/mol. The highest BCUT2D eigenvalue weighted by atomic mass is 16.5. The van der Waals surface area contributed by atoms with Gasteiger partial charge in [-0.25, -0.2) is 0 Å². The predicted octanol–water partition coefficient (Wildman–Crippen LogP) is 2.45. The highest BCUT2D eigenvalue weighted by Gasteiger charge is 2.07. The van der Waals surface area contributed by atoms with Crippen LogP contribution >= 0.6 is 0 Å². The first-order valence-corrected chi connectivity index (χ1v) is 5.08. The fourth-order valence-corrected chi connectivity index (χ4v) is 1.53. The fraction of sp³-hybridized carbons (Fsp3) is 0.154. The molecule has 2 aromatic rings. The summed E-state index contributed by atoms with van der Waals surface area (Å²) in [6.45, 7) is 0. The number of rotatable bonds is 4. The first-order valence-electron chi connectivity index (χ1n) is 5.08. The topological polar surface area (TPSA) is 42.1 Å². The number of nitrogens with one attached hydrogen (secondary N) is 1. The average Bonchev–Trinajstić information content (AvgIpc) is 2.82. The van der Waals surface area contributed by atoms with Crippen molar-refractivity contribution in [3.8, 4) is 5.75 Å². The van der Waals surface area contributed by atoms with Gasteiger partial charge in [0.1, 0.15) is 5.75 Å². The maximum atomic E-state index is 11.9. The van der Waals surface area contributed by atoms with Crippen LogP contribution in [0.5, 0.6) is 5.75 Å². The Balaban J connectivity index is 2.09. The van der Waals surface area contributed by atoms with Crippen LogP contribution < -0.4 is 4.74 Å². The number of H-pyrrole nitrogens is 1. The molecular formula is C13H13NO2. The zero-order valence-electron chi connectivity index (χ0n) is 9.07. The van der Waals surface area contributed by atoms with Gasteiger partial charge in [-0.1, -0.05) is 0 Å². The van der Waals surface area contributed by atoms with Gasteiger partial charge in [-0.05, 0) is 35.9 Å². The molecule has 1 aromatic carbocycles. The SMILES string of the molecule is COc1ccc(C(=O)Cc2cc[nH]c2)cc1. The summed E-state index contributed by atoms with van der Waals surface area (Å²) >= 11 is 0. The molecule has 82 valence electrons. The van der Waals surface area contributed by atoms with Crippen LogP contribution in [0.1, 0.15) is 15.9 Å². The van der Waals surface area contributed by atoms with Crippen LogP contribution in [0.25, 0.3) is 0 Å². The van der Waals surface area contributed by atoms with E-state index >= 15 is 0 Å². The molecule has 0 unspecified atom stereocenters. The van der Waals surface area contributed by atoms with Gasteiger partial charge < -0.3 is 9.72 Å². The van der Waals surface area contributed by atoms with Crippen molar-refractivity contribution in [2.24, 2.45) is 0 Å². The number of methoxy groups -OCH3 is 1. The minimum atomic E-state index is 0.113. The van der Waals surface area contributed by atoms with Crippen LogP contribution in [-0.4, -0.2) is 17.9 Å². The molecule has 0 aliphatic heterocycles. The molecule has 0 aliphatic carbocycles. The summed E-state index contributed by atoms with van der Waals surface area (Å²) in [5, 5.41) is 0. The number of benzene rings is 1. The van der Waals surface area contributed by atoms with Gasteiger partial charge in [-0.2, -0.15) is 0 Å². The number of hydrogen-bond donors (Lipinski definition) is 1. The Kier molecular flexibility index (Phi) is 3.05. The smallest absolute Gasteiger partial charge is 0.167 e. The lowest BCUT2D eigenvalue weighted by atomic mass is 10.1. The highest BCUT2D eigenvalue weighted by Crippen LogP contribution is 2.13. The molecule has 0 amide bonds. The van der Waals surface area contributed by atoms with Gasteiger partial charge in [-0.15, -0.1) is 0 Å². The number of aromatic nitrogens is 1. The number of ether oxygens (including phenoxy) is 1. The molecule has 0 saturated heterocycles. The van der Waals surface area contributed by atoms with Crippen molar-refractivity contribution in [2.75, 3.05) is 7.11 Å². The molecule has 1 aromatic heterocycles. The molecule has 1 heterocycles. The molecule has 0 radical (unpaired) electrons. The van der Waals surface area contributed by atoms with Gasteiger partial charge in [-0.3, -0.25) is 4.79 Å². The fourth-order valence-electron chi connectivity index (χ4n) is 1.53. The minimum Gasteiger partial charge on any atom is -0.497 e. The zero-order chi connectivity index (χ0) is 11.4. The Morgan fingerprint density at radius 2 is 2.00 bits per heavy atom. The molecule has 0 aliphatic rings. The summed E-state index contributed by atoms with van der Waals surface area (Å²) in [6.07, 6.45) is 4.08. The van der Waals surface area contributed by atoms with Gasteiger partial charge in [0.2, 0.25) is 0 Å². The van der Waals surface area contributed by atoms with E-state index in [0.717, 1.165) is 11.3 Å². The second-order valence-electron chi connectivity index (χ2n) is 3.55. The van der Waals surface area contributed by atoms with Crippen LogP contribution in [0.2, 0.25) is 0 Å². The second-order valence-corrected chi connectivity index (χ2v) is 3.55. The van der Waals surface area contributed by atoms with Gasteiger partial charge in [0.05, 0.1) is 7.11 Å². The molecule has 0 spiro atoms. The van der Waals surface area contributed by atoms with E-state index in [4.69, 9.17) is 4.74 Å². The Bertz CT molecular complexity index is 457. The first kappa shape index (κ1) is 10.5. The molecule has 2 rings (SSSR count). The van der Waals surface area contributed by atoms with Crippen LogP contribution in [0.15, 0.2) is 42.7 Å². The van der Waals surface area contributed by atoms with E-state index in [2.05, 4.69) is 4.98 Å². The molecule has 3 heteroatoms.